The number of rotatable bonds is 5. The average Bonchev–Trinajstić information content (AvgIpc) is 3.43. The van der Waals surface area contributed by atoms with Crippen LogP contribution in [0.25, 0.3) is 0 Å². The standard InChI is InChI=1S/C24H23FN2O3/c1-16-5-2-3-6-19(16)20-14-27(24(29)22-7-4-12-30-22)15-21(20)23(28)26-13-17-8-10-18(25)11-9-17/h2-12,20-21H,13-15H2,1H3,(H,26,28). The van der Waals surface area contributed by atoms with Gasteiger partial charge in [-0.3, -0.25) is 9.59 Å². The zero-order valence-electron chi connectivity index (χ0n) is 16.7. The van der Waals surface area contributed by atoms with Gasteiger partial charge >= 0.3 is 0 Å². The molecule has 2 unspecified atom stereocenters. The molecule has 2 aromatic carbocycles. The number of likely N-dealkylation sites (tertiary alicyclic amines) is 1. The molecule has 1 fully saturated rings. The van der Waals surface area contributed by atoms with Crippen LogP contribution in [0.3, 0.4) is 0 Å². The Hall–Kier alpha value is -3.41. The third-order valence-corrected chi connectivity index (χ3v) is 5.64. The van der Waals surface area contributed by atoms with Gasteiger partial charge in [0.05, 0.1) is 12.2 Å². The molecule has 30 heavy (non-hydrogen) atoms. The maximum Gasteiger partial charge on any atom is 0.289 e. The Balaban J connectivity index is 1.54. The molecule has 0 aliphatic carbocycles. The van der Waals surface area contributed by atoms with E-state index in [4.69, 9.17) is 4.42 Å². The van der Waals surface area contributed by atoms with Crippen LogP contribution in [0.5, 0.6) is 0 Å². The average molecular weight is 406 g/mol. The number of carbonyl (C=O) groups excluding carboxylic acids is 2. The fourth-order valence-electron chi connectivity index (χ4n) is 4.03. The second kappa shape index (κ2) is 8.53. The number of halogens is 1. The van der Waals surface area contributed by atoms with E-state index in [9.17, 15) is 14.0 Å². The van der Waals surface area contributed by atoms with E-state index < -0.39 is 0 Å². The molecule has 0 saturated carbocycles. The van der Waals surface area contributed by atoms with E-state index in [1.54, 1.807) is 29.2 Å². The lowest BCUT2D eigenvalue weighted by atomic mass is 9.86. The zero-order chi connectivity index (χ0) is 21.1. The summed E-state index contributed by atoms with van der Waals surface area (Å²) in [6, 6.07) is 17.3. The Morgan fingerprint density at radius 3 is 2.53 bits per heavy atom. The third-order valence-electron chi connectivity index (χ3n) is 5.64. The van der Waals surface area contributed by atoms with Gasteiger partial charge in [-0.15, -0.1) is 0 Å². The SMILES string of the molecule is Cc1ccccc1C1CN(C(=O)c2ccco2)CC1C(=O)NCc1ccc(F)cc1. The van der Waals surface area contributed by atoms with Gasteiger partial charge in [-0.25, -0.2) is 4.39 Å². The van der Waals surface area contributed by atoms with Gasteiger partial charge in [-0.05, 0) is 47.9 Å². The van der Waals surface area contributed by atoms with Crippen LogP contribution in [0, 0.1) is 18.7 Å². The number of carbonyl (C=O) groups is 2. The summed E-state index contributed by atoms with van der Waals surface area (Å²) in [5, 5.41) is 2.95. The van der Waals surface area contributed by atoms with E-state index in [1.807, 2.05) is 31.2 Å². The Morgan fingerprint density at radius 1 is 1.07 bits per heavy atom. The lowest BCUT2D eigenvalue weighted by molar-refractivity contribution is -0.125. The molecule has 1 aromatic heterocycles. The van der Waals surface area contributed by atoms with Crippen molar-refractivity contribution in [2.75, 3.05) is 13.1 Å². The quantitative estimate of drug-likeness (QED) is 0.699. The molecule has 3 aromatic rings. The largest absolute Gasteiger partial charge is 0.459 e. The van der Waals surface area contributed by atoms with Crippen molar-refractivity contribution < 1.29 is 18.4 Å². The van der Waals surface area contributed by atoms with E-state index in [1.165, 1.54) is 18.4 Å². The minimum Gasteiger partial charge on any atom is -0.459 e. The first-order chi connectivity index (χ1) is 14.5. The van der Waals surface area contributed by atoms with Crippen molar-refractivity contribution in [3.8, 4) is 0 Å². The highest BCUT2D eigenvalue weighted by molar-refractivity contribution is 5.92. The van der Waals surface area contributed by atoms with E-state index in [0.717, 1.165) is 16.7 Å². The molecular weight excluding hydrogens is 383 g/mol. The minimum atomic E-state index is -0.384. The second-order valence-electron chi connectivity index (χ2n) is 7.60. The van der Waals surface area contributed by atoms with Crippen molar-refractivity contribution >= 4 is 11.8 Å². The van der Waals surface area contributed by atoms with Crippen LogP contribution in [0.2, 0.25) is 0 Å². The van der Waals surface area contributed by atoms with Gasteiger partial charge in [0, 0.05) is 25.6 Å². The predicted molar refractivity (Wildman–Crippen MR) is 110 cm³/mol. The number of benzene rings is 2. The molecule has 1 aliphatic heterocycles. The Bertz CT molecular complexity index is 1030. The van der Waals surface area contributed by atoms with Gasteiger partial charge in [-0.1, -0.05) is 36.4 Å². The molecule has 154 valence electrons. The summed E-state index contributed by atoms with van der Waals surface area (Å²) in [5.41, 5.74) is 2.97. The smallest absolute Gasteiger partial charge is 0.289 e. The molecule has 2 atom stereocenters. The Morgan fingerprint density at radius 2 is 1.83 bits per heavy atom. The van der Waals surface area contributed by atoms with Gasteiger partial charge < -0.3 is 14.6 Å². The van der Waals surface area contributed by atoms with Crippen LogP contribution in [-0.2, 0) is 11.3 Å². The first kappa shape index (κ1) is 19.9. The van der Waals surface area contributed by atoms with Crippen LogP contribution in [0.4, 0.5) is 4.39 Å². The molecule has 0 radical (unpaired) electrons. The molecule has 2 amide bonds. The lowest BCUT2D eigenvalue weighted by Gasteiger charge is -2.20. The van der Waals surface area contributed by atoms with Gasteiger partial charge in [0.15, 0.2) is 5.76 Å². The van der Waals surface area contributed by atoms with E-state index in [-0.39, 0.29) is 35.2 Å². The molecule has 5 nitrogen and oxygen atoms in total. The van der Waals surface area contributed by atoms with Crippen LogP contribution in [-0.4, -0.2) is 29.8 Å². The van der Waals surface area contributed by atoms with Gasteiger partial charge in [0.25, 0.3) is 5.91 Å². The third kappa shape index (κ3) is 4.13. The normalized spacial score (nSPS) is 18.4. The fourth-order valence-corrected chi connectivity index (χ4v) is 4.03. The molecule has 6 heteroatoms. The summed E-state index contributed by atoms with van der Waals surface area (Å²) in [6.07, 6.45) is 1.47. The van der Waals surface area contributed by atoms with E-state index in [0.29, 0.717) is 19.6 Å². The first-order valence-corrected chi connectivity index (χ1v) is 9.93. The van der Waals surface area contributed by atoms with Crippen molar-refractivity contribution in [1.29, 1.82) is 0 Å². The predicted octanol–water partition coefficient (Wildman–Crippen LogP) is 3.90. The molecule has 1 saturated heterocycles. The van der Waals surface area contributed by atoms with Crippen LogP contribution < -0.4 is 5.32 Å². The maximum absolute atomic E-state index is 13.1. The number of aryl methyl sites for hydroxylation is 1. The fraction of sp³-hybridized carbons (Fsp3) is 0.250. The van der Waals surface area contributed by atoms with E-state index in [2.05, 4.69) is 5.32 Å². The van der Waals surface area contributed by atoms with Crippen LogP contribution in [0.1, 0.15) is 33.2 Å². The minimum absolute atomic E-state index is 0.113. The van der Waals surface area contributed by atoms with Gasteiger partial charge in [0.1, 0.15) is 5.82 Å². The zero-order valence-corrected chi connectivity index (χ0v) is 16.7. The number of hydrogen-bond donors (Lipinski definition) is 1. The number of amides is 2. The summed E-state index contributed by atoms with van der Waals surface area (Å²) in [4.78, 5) is 27.6. The first-order valence-electron chi connectivity index (χ1n) is 9.93. The van der Waals surface area contributed by atoms with Crippen LogP contribution in [0.15, 0.2) is 71.3 Å². The molecule has 1 N–H and O–H groups in total. The number of furan rings is 1. The topological polar surface area (TPSA) is 62.6 Å². The lowest BCUT2D eigenvalue weighted by Crippen LogP contribution is -2.35. The van der Waals surface area contributed by atoms with Crippen molar-refractivity contribution in [3.05, 3.63) is 95.2 Å². The number of nitrogens with one attached hydrogen (secondary N) is 1. The monoisotopic (exact) mass is 406 g/mol. The highest BCUT2D eigenvalue weighted by Crippen LogP contribution is 2.35. The second-order valence-corrected chi connectivity index (χ2v) is 7.60. The molecule has 0 spiro atoms. The van der Waals surface area contributed by atoms with Gasteiger partial charge in [0.2, 0.25) is 5.91 Å². The number of hydrogen-bond acceptors (Lipinski definition) is 3. The van der Waals surface area contributed by atoms with E-state index >= 15 is 0 Å². The highest BCUT2D eigenvalue weighted by Gasteiger charge is 2.41. The Labute approximate surface area is 174 Å². The number of nitrogens with zero attached hydrogens (tertiary/aromatic N) is 1. The summed E-state index contributed by atoms with van der Waals surface area (Å²) in [7, 11) is 0. The van der Waals surface area contributed by atoms with Crippen molar-refractivity contribution in [2.24, 2.45) is 5.92 Å². The van der Waals surface area contributed by atoms with Crippen molar-refractivity contribution in [3.63, 3.8) is 0 Å². The molecule has 4 rings (SSSR count). The summed E-state index contributed by atoms with van der Waals surface area (Å²) >= 11 is 0. The molecular formula is C24H23FN2O3. The van der Waals surface area contributed by atoms with Crippen molar-refractivity contribution in [2.45, 2.75) is 19.4 Å². The molecule has 2 heterocycles. The summed E-state index contributed by atoms with van der Waals surface area (Å²) in [5.74, 6) is -0.878. The summed E-state index contributed by atoms with van der Waals surface area (Å²) in [6.45, 7) is 3.08. The highest BCUT2D eigenvalue weighted by atomic mass is 19.1. The summed E-state index contributed by atoms with van der Waals surface area (Å²) < 4.78 is 18.4. The van der Waals surface area contributed by atoms with Crippen LogP contribution >= 0.6 is 0 Å². The molecule has 0 bridgehead atoms. The molecule has 1 aliphatic rings. The Kier molecular flexibility index (Phi) is 5.65. The van der Waals surface area contributed by atoms with Crippen molar-refractivity contribution in [1.82, 2.24) is 10.2 Å². The van der Waals surface area contributed by atoms with Gasteiger partial charge in [-0.2, -0.15) is 0 Å². The maximum atomic E-state index is 13.1.